The van der Waals surface area contributed by atoms with Gasteiger partial charge in [-0.2, -0.15) is 0 Å². The molecule has 6 nitrogen and oxygen atoms in total. The largest absolute Gasteiger partial charge is 0.310 e. The summed E-state index contributed by atoms with van der Waals surface area (Å²) in [7, 11) is -1.33. The lowest BCUT2D eigenvalue weighted by Crippen LogP contribution is -2.37. The fourth-order valence-corrected chi connectivity index (χ4v) is 24.9. The number of para-hydroxylation sites is 6. The molecule has 0 saturated heterocycles. The summed E-state index contributed by atoms with van der Waals surface area (Å²) in [6.07, 6.45) is 0. The summed E-state index contributed by atoms with van der Waals surface area (Å²) in [6, 6.07) is 167. The molecule has 138 heavy (non-hydrogen) atoms. The Labute approximate surface area is 847 Å². The lowest BCUT2D eigenvalue weighted by molar-refractivity contribution is 0.628. The van der Waals surface area contributed by atoms with Gasteiger partial charge in [0.25, 0.3) is 0 Å². The van der Waals surface area contributed by atoms with Crippen LogP contribution in [-0.2, 0) is 0 Å². The lowest BCUT2D eigenvalue weighted by Gasteiger charge is -2.26. The van der Waals surface area contributed by atoms with E-state index in [1.165, 1.54) is 133 Å². The lowest BCUT2D eigenvalue weighted by atomic mass is 10.1. The highest BCUT2D eigenvalue weighted by Crippen LogP contribution is 2.50. The summed E-state index contributed by atoms with van der Waals surface area (Å²) in [5.74, 6) is -0.265. The van der Waals surface area contributed by atoms with Crippen LogP contribution in [0, 0.1) is 5.82 Å². The normalized spacial score (nSPS) is 11.5. The van der Waals surface area contributed by atoms with Gasteiger partial charge < -0.3 is 28.7 Å². The Morgan fingerprint density at radius 3 is 1.04 bits per heavy atom. The van der Waals surface area contributed by atoms with Gasteiger partial charge >= 0.3 is 0 Å². The zero-order valence-corrected chi connectivity index (χ0v) is 85.1. The number of benzene rings is 20. The molecule has 25 rings (SSSR count). The van der Waals surface area contributed by atoms with Crippen LogP contribution in [0.5, 0.6) is 0 Å². The van der Waals surface area contributed by atoms with Crippen LogP contribution in [0.4, 0.5) is 72.6 Å². The van der Waals surface area contributed by atoms with E-state index in [2.05, 4.69) is 525 Å². The third-order valence-electron chi connectivity index (χ3n) is 25.3. The fraction of sp³-hybridized carbons (Fsp3) is 0.0244. The molecule has 0 unspecified atom stereocenters. The molecule has 666 valence electrons. The van der Waals surface area contributed by atoms with Crippen LogP contribution >= 0.6 is 97.7 Å². The number of hydrogen-bond acceptors (Lipinski definition) is 7. The van der Waals surface area contributed by atoms with Gasteiger partial charge in [-0.25, -0.2) is 4.39 Å². The van der Waals surface area contributed by atoms with Gasteiger partial charge in [0.2, 0.25) is 0 Å². The van der Waals surface area contributed by atoms with E-state index in [0.717, 1.165) is 90.9 Å². The number of halogens is 5. The van der Waals surface area contributed by atoms with Crippen molar-refractivity contribution < 1.29 is 4.39 Å². The molecular formula is C123H87Br4FN6S3Si. The Hall–Kier alpha value is -14.1. The van der Waals surface area contributed by atoms with E-state index in [1.54, 1.807) is 12.1 Å². The molecule has 0 bridgehead atoms. The van der Waals surface area contributed by atoms with Gasteiger partial charge in [0, 0.05) is 169 Å². The first-order chi connectivity index (χ1) is 67.6. The highest BCUT2D eigenvalue weighted by atomic mass is 79.9. The molecule has 0 radical (unpaired) electrons. The monoisotopic (exact) mass is 2110 g/mol. The predicted octanol–water partition coefficient (Wildman–Crippen LogP) is 39.3. The van der Waals surface area contributed by atoms with Crippen molar-refractivity contribution in [2.24, 2.45) is 0 Å². The van der Waals surface area contributed by atoms with Gasteiger partial charge in [-0.1, -0.05) is 301 Å². The number of fused-ring (bicyclic) bond motifs is 15. The SMILES string of the molecule is Brc1ccc2c(c1)c1cc(N(c3ccccc3)c3cccc4c3sc3ccccc34)ccc1n2-c1ccccc1.Brc1ccc2sc3cc(N(c4ccccc4)c4ccccc4)ccc3c2c1.C[Si](C)(C)c1ccc(N(c2ccccc2)c2ccc3c(c2)sc2ccc(Br)cc23)cc1.Fc1cccc(N(c2ccccc2)c2ccc3c(c2)c2cc(Br)ccc2n3-c2cccc(-c3ccccc3)c2)c1. The summed E-state index contributed by atoms with van der Waals surface area (Å²) in [5, 5.41) is 14.0. The van der Waals surface area contributed by atoms with Gasteiger partial charge in [-0.05, 0) is 272 Å². The maximum atomic E-state index is 14.4. The number of rotatable bonds is 16. The Morgan fingerprint density at radius 2 is 0.543 bits per heavy atom. The number of anilines is 12. The van der Waals surface area contributed by atoms with E-state index in [0.29, 0.717) is 0 Å². The minimum absolute atomic E-state index is 0.265. The van der Waals surface area contributed by atoms with Crippen molar-refractivity contribution in [2.45, 2.75) is 19.6 Å². The summed E-state index contributed by atoms with van der Waals surface area (Å²) in [4.78, 5) is 9.16. The van der Waals surface area contributed by atoms with E-state index >= 15 is 0 Å². The smallest absolute Gasteiger partial charge is 0.125 e. The quantitative estimate of drug-likeness (QED) is 0.0900. The maximum Gasteiger partial charge on any atom is 0.125 e. The van der Waals surface area contributed by atoms with Gasteiger partial charge in [0.15, 0.2) is 0 Å². The Bertz CT molecular complexity index is 8740. The maximum absolute atomic E-state index is 14.4. The Kier molecular flexibility index (Phi) is 25.1. The Balaban J connectivity index is 0.000000108. The van der Waals surface area contributed by atoms with Gasteiger partial charge in [0.1, 0.15) is 5.82 Å². The predicted molar refractivity (Wildman–Crippen MR) is 611 cm³/mol. The van der Waals surface area contributed by atoms with Crippen molar-refractivity contribution in [2.75, 3.05) is 19.6 Å². The van der Waals surface area contributed by atoms with Crippen molar-refractivity contribution in [1.82, 2.24) is 9.13 Å². The first kappa shape index (κ1) is 89.2. The van der Waals surface area contributed by atoms with Crippen molar-refractivity contribution in [3.8, 4) is 22.5 Å². The molecule has 0 aliphatic heterocycles. The van der Waals surface area contributed by atoms with Crippen LogP contribution in [0.15, 0.2) is 491 Å². The van der Waals surface area contributed by atoms with Crippen LogP contribution in [-0.4, -0.2) is 17.2 Å². The first-order valence-corrected chi connectivity index (χ1v) is 54.9. The number of nitrogens with zero attached hydrogens (tertiary/aromatic N) is 6. The molecule has 0 N–H and O–H groups in total. The highest BCUT2D eigenvalue weighted by molar-refractivity contribution is 9.11. The molecule has 0 amide bonds. The molecule has 0 aliphatic carbocycles. The van der Waals surface area contributed by atoms with Gasteiger partial charge in [-0.3, -0.25) is 0 Å². The van der Waals surface area contributed by atoms with Crippen LogP contribution in [0.3, 0.4) is 0 Å². The molecule has 15 heteroatoms. The topological polar surface area (TPSA) is 22.8 Å². The van der Waals surface area contributed by atoms with Gasteiger partial charge in [-0.15, -0.1) is 34.0 Å². The van der Waals surface area contributed by atoms with Crippen LogP contribution in [0.25, 0.3) is 127 Å². The second-order valence-electron chi connectivity index (χ2n) is 35.0. The average Bonchev–Trinajstić information content (AvgIpc) is 1.58. The van der Waals surface area contributed by atoms with Crippen LogP contribution in [0.2, 0.25) is 19.6 Å². The molecule has 0 saturated carbocycles. The molecule has 5 heterocycles. The van der Waals surface area contributed by atoms with Crippen LogP contribution in [0.1, 0.15) is 0 Å². The van der Waals surface area contributed by atoms with Crippen molar-refractivity contribution in [3.63, 3.8) is 0 Å². The van der Waals surface area contributed by atoms with E-state index in [9.17, 15) is 4.39 Å². The molecule has 0 spiro atoms. The van der Waals surface area contributed by atoms with Crippen molar-refractivity contribution in [3.05, 3.63) is 497 Å². The molecule has 5 aromatic heterocycles. The van der Waals surface area contributed by atoms with Crippen LogP contribution < -0.4 is 24.8 Å². The highest BCUT2D eigenvalue weighted by Gasteiger charge is 2.26. The average molecular weight is 2110 g/mol. The van der Waals surface area contributed by atoms with Crippen molar-refractivity contribution >= 4 is 283 Å². The number of aromatic nitrogens is 2. The van der Waals surface area contributed by atoms with E-state index in [4.69, 9.17) is 0 Å². The van der Waals surface area contributed by atoms with Gasteiger partial charge in [0.05, 0.1) is 40.5 Å². The number of thiophene rings is 3. The minimum Gasteiger partial charge on any atom is -0.310 e. The first-order valence-electron chi connectivity index (χ1n) is 45.8. The summed E-state index contributed by atoms with van der Waals surface area (Å²) in [5.41, 5.74) is 22.4. The fourth-order valence-electron chi connectivity index (χ4n) is 18.9. The molecule has 0 fully saturated rings. The Morgan fingerprint density at radius 1 is 0.217 bits per heavy atom. The summed E-state index contributed by atoms with van der Waals surface area (Å²) >= 11 is 20.2. The molecule has 0 atom stereocenters. The van der Waals surface area contributed by atoms with E-state index in [1.807, 2.05) is 76.5 Å². The zero-order valence-electron chi connectivity index (χ0n) is 75.3. The molecular weight excluding hydrogens is 2020 g/mol. The van der Waals surface area contributed by atoms with Crippen molar-refractivity contribution in [1.29, 1.82) is 0 Å². The molecule has 0 aliphatic rings. The third-order valence-corrected chi connectivity index (χ3v) is 32.8. The van der Waals surface area contributed by atoms with E-state index < -0.39 is 8.07 Å². The second kappa shape index (κ2) is 38.8. The summed E-state index contributed by atoms with van der Waals surface area (Å²) < 4.78 is 31.3. The molecule has 25 aromatic rings. The third kappa shape index (κ3) is 18.0. The standard InChI is InChI=1S/C36H24BrFN2.C36H23BrN2S.C27H24BrNSSi.C24H16BrNS/c37-27-17-19-35-33(22-27)34-24-32(39(29-13-5-2-6-14-29)31-16-8-12-28(38)23-31)18-20-36(34)40(35)30-15-7-11-26(21-30)25-9-3-1-4-10-25;37-24-18-20-32-30(22-24)31-23-27(19-21-33(31)39(32)26-12-5-2-6-13-26)38(25-10-3-1-4-11-25)34-16-9-15-29-28-14-7-8-17-35(28)40-36(29)34;1-31(2,3)23-13-10-21(11-14-23)29(20-7-5-4-6-8-20)22-12-15-24-25-17-19(28)9-16-26(25)30-27(24)18-22;25-17-11-14-23-22(15-17)21-13-12-20(16-24(21)27-23)26(18-7-3-1-4-8-18)19-9-5-2-6-10-19/h1-24H;1-23H;4-18H,1-3H3;1-16H. The van der Waals surface area contributed by atoms with E-state index in [-0.39, 0.29) is 5.82 Å². The number of hydrogen-bond donors (Lipinski definition) is 0. The minimum atomic E-state index is -1.33. The zero-order chi connectivity index (χ0) is 93.5. The second-order valence-corrected chi connectivity index (χ2v) is 47.0. The molecule has 20 aromatic carbocycles. The summed E-state index contributed by atoms with van der Waals surface area (Å²) in [6.45, 7) is 7.18.